The highest BCUT2D eigenvalue weighted by Crippen LogP contribution is 2.25. The number of carbonyl (C=O) groups is 1. The quantitative estimate of drug-likeness (QED) is 0.790. The van der Waals surface area contributed by atoms with Gasteiger partial charge in [-0.1, -0.05) is 41.9 Å². The van der Waals surface area contributed by atoms with Crippen molar-refractivity contribution in [3.05, 3.63) is 64.2 Å². The molecule has 0 aliphatic heterocycles. The molecule has 2 rings (SSSR count). The lowest BCUT2D eigenvalue weighted by atomic mass is 10.1. The number of halogens is 1. The van der Waals surface area contributed by atoms with Crippen LogP contribution in [0.15, 0.2) is 42.5 Å². The minimum Gasteiger partial charge on any atom is -0.492 e. The summed E-state index contributed by atoms with van der Waals surface area (Å²) in [4.78, 5) is 11.7. The highest BCUT2D eigenvalue weighted by Gasteiger charge is 2.04. The number of aryl methyl sites for hydroxylation is 2. The molecule has 5 heteroatoms. The first-order chi connectivity index (χ1) is 11.1. The first-order valence-corrected chi connectivity index (χ1v) is 7.89. The van der Waals surface area contributed by atoms with Crippen molar-refractivity contribution >= 4 is 17.6 Å². The molecule has 0 saturated heterocycles. The van der Waals surface area contributed by atoms with E-state index in [-0.39, 0.29) is 6.03 Å². The molecule has 0 saturated carbocycles. The Bertz CT molecular complexity index is 636. The molecule has 0 spiro atoms. The SMILES string of the molecule is Cc1cc(OCCNC(=O)NCc2ccccc2)cc(C)c1Cl. The van der Waals surface area contributed by atoms with Gasteiger partial charge in [-0.3, -0.25) is 0 Å². The number of hydrogen-bond acceptors (Lipinski definition) is 2. The molecular formula is C18H21ClN2O2. The van der Waals surface area contributed by atoms with Crippen molar-refractivity contribution in [1.82, 2.24) is 10.6 Å². The van der Waals surface area contributed by atoms with Gasteiger partial charge in [0.15, 0.2) is 0 Å². The Morgan fingerprint density at radius 1 is 1.09 bits per heavy atom. The fourth-order valence-corrected chi connectivity index (χ4v) is 2.27. The first-order valence-electron chi connectivity index (χ1n) is 7.51. The summed E-state index contributed by atoms with van der Waals surface area (Å²) < 4.78 is 5.63. The van der Waals surface area contributed by atoms with Gasteiger partial charge in [0.2, 0.25) is 0 Å². The molecule has 2 N–H and O–H groups in total. The van der Waals surface area contributed by atoms with E-state index in [9.17, 15) is 4.79 Å². The number of hydrogen-bond donors (Lipinski definition) is 2. The number of amides is 2. The lowest BCUT2D eigenvalue weighted by Gasteiger charge is -2.11. The van der Waals surface area contributed by atoms with E-state index < -0.39 is 0 Å². The van der Waals surface area contributed by atoms with Gasteiger partial charge < -0.3 is 15.4 Å². The predicted molar refractivity (Wildman–Crippen MR) is 93.1 cm³/mol. The lowest BCUT2D eigenvalue weighted by Crippen LogP contribution is -2.37. The first kappa shape index (κ1) is 17.2. The maximum Gasteiger partial charge on any atom is 0.315 e. The van der Waals surface area contributed by atoms with Gasteiger partial charge in [0.25, 0.3) is 0 Å². The third-order valence-corrected chi connectivity index (χ3v) is 3.96. The summed E-state index contributed by atoms with van der Waals surface area (Å²) in [6, 6.07) is 13.3. The molecule has 0 aliphatic carbocycles. The monoisotopic (exact) mass is 332 g/mol. The van der Waals surface area contributed by atoms with Gasteiger partial charge >= 0.3 is 6.03 Å². The van der Waals surface area contributed by atoms with Gasteiger partial charge in [-0.25, -0.2) is 4.79 Å². The van der Waals surface area contributed by atoms with E-state index in [4.69, 9.17) is 16.3 Å². The molecule has 4 nitrogen and oxygen atoms in total. The van der Waals surface area contributed by atoms with E-state index >= 15 is 0 Å². The van der Waals surface area contributed by atoms with Crippen LogP contribution >= 0.6 is 11.6 Å². The highest BCUT2D eigenvalue weighted by atomic mass is 35.5. The molecule has 0 aliphatic rings. The van der Waals surface area contributed by atoms with Crippen molar-refractivity contribution in [2.24, 2.45) is 0 Å². The summed E-state index contributed by atoms with van der Waals surface area (Å²) in [6.07, 6.45) is 0. The molecule has 0 aromatic heterocycles. The molecule has 122 valence electrons. The highest BCUT2D eigenvalue weighted by molar-refractivity contribution is 6.32. The summed E-state index contributed by atoms with van der Waals surface area (Å²) in [7, 11) is 0. The van der Waals surface area contributed by atoms with Crippen LogP contribution in [0.25, 0.3) is 0 Å². The number of carbonyl (C=O) groups excluding carboxylic acids is 1. The van der Waals surface area contributed by atoms with Crippen LogP contribution in [-0.4, -0.2) is 19.2 Å². The zero-order valence-electron chi connectivity index (χ0n) is 13.4. The van der Waals surface area contributed by atoms with Gasteiger partial charge in [-0.2, -0.15) is 0 Å². The largest absolute Gasteiger partial charge is 0.492 e. The number of nitrogens with one attached hydrogen (secondary N) is 2. The predicted octanol–water partition coefficient (Wildman–Crippen LogP) is 3.84. The Kier molecular flexibility index (Phi) is 6.29. The van der Waals surface area contributed by atoms with Crippen molar-refractivity contribution < 1.29 is 9.53 Å². The van der Waals surface area contributed by atoms with Crippen LogP contribution in [0.1, 0.15) is 16.7 Å². The fraction of sp³-hybridized carbons (Fsp3) is 0.278. The summed E-state index contributed by atoms with van der Waals surface area (Å²) in [5.41, 5.74) is 3.02. The Hall–Kier alpha value is -2.20. The minimum absolute atomic E-state index is 0.207. The Labute approximate surface area is 141 Å². The van der Waals surface area contributed by atoms with Crippen LogP contribution in [0.2, 0.25) is 5.02 Å². The zero-order chi connectivity index (χ0) is 16.7. The van der Waals surface area contributed by atoms with E-state index in [0.717, 1.165) is 27.5 Å². The number of ether oxygens (including phenoxy) is 1. The lowest BCUT2D eigenvalue weighted by molar-refractivity contribution is 0.236. The average Bonchev–Trinajstić information content (AvgIpc) is 2.55. The normalized spacial score (nSPS) is 10.2. The third-order valence-electron chi connectivity index (χ3n) is 3.36. The number of rotatable bonds is 6. The maximum atomic E-state index is 11.7. The van der Waals surface area contributed by atoms with Crippen molar-refractivity contribution in [3.63, 3.8) is 0 Å². The molecule has 0 heterocycles. The summed E-state index contributed by atoms with van der Waals surface area (Å²) in [5, 5.41) is 6.32. The van der Waals surface area contributed by atoms with E-state index in [1.54, 1.807) is 0 Å². The van der Waals surface area contributed by atoms with Gasteiger partial charge in [-0.05, 0) is 42.7 Å². The number of urea groups is 1. The summed E-state index contributed by atoms with van der Waals surface area (Å²) >= 11 is 6.12. The van der Waals surface area contributed by atoms with Crippen LogP contribution in [0, 0.1) is 13.8 Å². The molecule has 23 heavy (non-hydrogen) atoms. The molecule has 2 amide bonds. The van der Waals surface area contributed by atoms with Crippen LogP contribution in [0.3, 0.4) is 0 Å². The molecule has 0 unspecified atom stereocenters. The Morgan fingerprint density at radius 2 is 1.74 bits per heavy atom. The minimum atomic E-state index is -0.207. The van der Waals surface area contributed by atoms with Gasteiger partial charge in [0, 0.05) is 11.6 Å². The van der Waals surface area contributed by atoms with Gasteiger partial charge in [-0.15, -0.1) is 0 Å². The van der Waals surface area contributed by atoms with Gasteiger partial charge in [0.1, 0.15) is 12.4 Å². The van der Waals surface area contributed by atoms with Crippen molar-refractivity contribution in [1.29, 1.82) is 0 Å². The molecule has 0 atom stereocenters. The van der Waals surface area contributed by atoms with Crippen LogP contribution in [0.5, 0.6) is 5.75 Å². The average molecular weight is 333 g/mol. The van der Waals surface area contributed by atoms with Crippen LogP contribution in [-0.2, 0) is 6.54 Å². The molecule has 2 aromatic rings. The second-order valence-electron chi connectivity index (χ2n) is 5.31. The van der Waals surface area contributed by atoms with Crippen molar-refractivity contribution in [3.8, 4) is 5.75 Å². The van der Waals surface area contributed by atoms with E-state index in [1.807, 2.05) is 56.3 Å². The van der Waals surface area contributed by atoms with Crippen LogP contribution in [0.4, 0.5) is 4.79 Å². The smallest absolute Gasteiger partial charge is 0.315 e. The Balaban J connectivity index is 1.68. The van der Waals surface area contributed by atoms with Crippen LogP contribution < -0.4 is 15.4 Å². The standard InChI is InChI=1S/C18H21ClN2O2/c1-13-10-16(11-14(2)17(13)19)23-9-8-20-18(22)21-12-15-6-4-3-5-7-15/h3-7,10-11H,8-9,12H2,1-2H3,(H2,20,21,22). The summed E-state index contributed by atoms with van der Waals surface area (Å²) in [6.45, 7) is 5.22. The Morgan fingerprint density at radius 3 is 2.39 bits per heavy atom. The number of benzene rings is 2. The van der Waals surface area contributed by atoms with E-state index in [1.165, 1.54) is 0 Å². The second-order valence-corrected chi connectivity index (χ2v) is 5.69. The van der Waals surface area contributed by atoms with E-state index in [2.05, 4.69) is 10.6 Å². The maximum absolute atomic E-state index is 11.7. The van der Waals surface area contributed by atoms with Crippen molar-refractivity contribution in [2.75, 3.05) is 13.2 Å². The molecule has 2 aromatic carbocycles. The summed E-state index contributed by atoms with van der Waals surface area (Å²) in [5.74, 6) is 0.760. The topological polar surface area (TPSA) is 50.4 Å². The van der Waals surface area contributed by atoms with Gasteiger partial charge in [0.05, 0.1) is 6.54 Å². The van der Waals surface area contributed by atoms with E-state index in [0.29, 0.717) is 19.7 Å². The fourth-order valence-electron chi connectivity index (χ4n) is 2.16. The zero-order valence-corrected chi connectivity index (χ0v) is 14.1. The third kappa shape index (κ3) is 5.49. The molecule has 0 radical (unpaired) electrons. The molecular weight excluding hydrogens is 312 g/mol. The molecule has 0 fully saturated rings. The second kappa shape index (κ2) is 8.44. The van der Waals surface area contributed by atoms with Crippen molar-refractivity contribution in [2.45, 2.75) is 20.4 Å². The molecule has 0 bridgehead atoms.